The molecule has 0 amide bonds. The van der Waals surface area contributed by atoms with Crippen LogP contribution in [0.25, 0.3) is 11.3 Å². The third-order valence-corrected chi connectivity index (χ3v) is 8.06. The fourth-order valence-corrected chi connectivity index (χ4v) is 5.49. The Labute approximate surface area is 230 Å². The quantitative estimate of drug-likeness (QED) is 0.230. The van der Waals surface area contributed by atoms with Crippen molar-refractivity contribution in [1.82, 2.24) is 20.2 Å². The molecule has 0 saturated carbocycles. The highest BCUT2D eigenvalue weighted by atomic mass is 15.2. The summed E-state index contributed by atoms with van der Waals surface area (Å²) < 4.78 is 0. The Morgan fingerprint density at radius 3 is 2.39 bits per heavy atom. The number of aryl methyl sites for hydroxylation is 1. The van der Waals surface area contributed by atoms with Gasteiger partial charge in [0.25, 0.3) is 0 Å². The first-order valence-corrected chi connectivity index (χ1v) is 14.5. The molecule has 38 heavy (non-hydrogen) atoms. The lowest BCUT2D eigenvalue weighted by Crippen LogP contribution is -2.45. The lowest BCUT2D eigenvalue weighted by molar-refractivity contribution is 0.255. The van der Waals surface area contributed by atoms with Crippen molar-refractivity contribution in [2.45, 2.75) is 91.4 Å². The number of aromatic amines is 1. The molecule has 5 heteroatoms. The minimum atomic E-state index is 0.249. The highest BCUT2D eigenvalue weighted by molar-refractivity contribution is 5.59. The predicted octanol–water partition coefficient (Wildman–Crippen LogP) is 8.01. The molecule has 5 nitrogen and oxygen atoms in total. The molecule has 0 radical (unpaired) electrons. The van der Waals surface area contributed by atoms with Gasteiger partial charge in [-0.3, -0.25) is 0 Å². The van der Waals surface area contributed by atoms with Gasteiger partial charge in [-0.2, -0.15) is 0 Å². The third kappa shape index (κ3) is 6.50. The van der Waals surface area contributed by atoms with E-state index in [1.165, 1.54) is 22.4 Å². The molecule has 4 unspecified atom stereocenters. The standard InChI is InChI=1S/C33H47N5/c1-8-24(6)35-32(22(3)4)25(7)38-20-10-11-31(38)33-34-21-30(37-33)27-16-14-26(15-17-27)29(9-2)36-28-18-12-23(5)13-19-28/h12-19,21-22,24,29,31-32,35-36H,7-11,20H2,1-6H3,(H,34,37). The average Bonchev–Trinajstić information content (AvgIpc) is 3.61. The first-order valence-electron chi connectivity index (χ1n) is 14.5. The summed E-state index contributed by atoms with van der Waals surface area (Å²) in [6, 6.07) is 18.8. The number of likely N-dealkylation sites (tertiary alicyclic amines) is 1. The first kappa shape index (κ1) is 28.0. The lowest BCUT2D eigenvalue weighted by atomic mass is 9.98. The van der Waals surface area contributed by atoms with Crippen molar-refractivity contribution in [2.24, 2.45) is 5.92 Å². The van der Waals surface area contributed by atoms with Crippen molar-refractivity contribution in [2.75, 3.05) is 11.9 Å². The van der Waals surface area contributed by atoms with Crippen molar-refractivity contribution in [3.05, 3.63) is 84.0 Å². The summed E-state index contributed by atoms with van der Waals surface area (Å²) in [5.41, 5.74) is 7.16. The largest absolute Gasteiger partial charge is 0.378 e. The Kier molecular flexibility index (Phi) is 9.32. The Balaban J connectivity index is 1.46. The number of imidazole rings is 1. The Morgan fingerprint density at radius 1 is 1.05 bits per heavy atom. The molecule has 3 aromatic rings. The van der Waals surface area contributed by atoms with Gasteiger partial charge >= 0.3 is 0 Å². The minimum Gasteiger partial charge on any atom is -0.378 e. The summed E-state index contributed by atoms with van der Waals surface area (Å²) in [6.45, 7) is 19.0. The molecule has 1 saturated heterocycles. The number of nitrogens with zero attached hydrogens (tertiary/aromatic N) is 2. The van der Waals surface area contributed by atoms with E-state index in [4.69, 9.17) is 4.98 Å². The smallest absolute Gasteiger partial charge is 0.129 e. The monoisotopic (exact) mass is 513 g/mol. The van der Waals surface area contributed by atoms with Crippen LogP contribution < -0.4 is 10.6 Å². The van der Waals surface area contributed by atoms with Crippen molar-refractivity contribution < 1.29 is 0 Å². The molecule has 4 atom stereocenters. The molecule has 0 aliphatic carbocycles. The number of H-pyrrole nitrogens is 1. The van der Waals surface area contributed by atoms with Gasteiger partial charge in [0, 0.05) is 30.0 Å². The fraction of sp³-hybridized carbons (Fsp3) is 0.485. The molecule has 1 aliphatic rings. The van der Waals surface area contributed by atoms with Gasteiger partial charge in [0.15, 0.2) is 0 Å². The number of hydrogen-bond donors (Lipinski definition) is 3. The molecular formula is C33H47N5. The SMILES string of the molecule is C=C(C(NC(C)CC)C(C)C)N1CCCC1c1ncc(-c2ccc(C(CC)Nc3ccc(C)cc3)cc2)[nH]1. The molecule has 204 valence electrons. The predicted molar refractivity (Wildman–Crippen MR) is 161 cm³/mol. The maximum absolute atomic E-state index is 4.85. The third-order valence-electron chi connectivity index (χ3n) is 8.06. The Morgan fingerprint density at radius 2 is 1.76 bits per heavy atom. The second kappa shape index (κ2) is 12.7. The van der Waals surface area contributed by atoms with E-state index in [-0.39, 0.29) is 18.1 Å². The zero-order valence-electron chi connectivity index (χ0n) is 24.2. The van der Waals surface area contributed by atoms with E-state index in [1.54, 1.807) is 0 Å². The van der Waals surface area contributed by atoms with Crippen LogP contribution in [-0.4, -0.2) is 33.5 Å². The topological polar surface area (TPSA) is 56.0 Å². The van der Waals surface area contributed by atoms with Crippen molar-refractivity contribution in [1.29, 1.82) is 0 Å². The molecule has 2 heterocycles. The van der Waals surface area contributed by atoms with E-state index < -0.39 is 0 Å². The number of anilines is 1. The Hall–Kier alpha value is -3.05. The number of hydrogen-bond acceptors (Lipinski definition) is 4. The Bertz CT molecular complexity index is 1160. The summed E-state index contributed by atoms with van der Waals surface area (Å²) in [7, 11) is 0. The maximum atomic E-state index is 4.85. The van der Waals surface area contributed by atoms with Crippen LogP contribution in [0.3, 0.4) is 0 Å². The molecule has 4 rings (SSSR count). The molecule has 1 fully saturated rings. The molecule has 2 aromatic carbocycles. The second-order valence-electron chi connectivity index (χ2n) is 11.3. The summed E-state index contributed by atoms with van der Waals surface area (Å²) >= 11 is 0. The van der Waals surface area contributed by atoms with E-state index in [9.17, 15) is 0 Å². The number of nitrogens with one attached hydrogen (secondary N) is 3. The van der Waals surface area contributed by atoms with Gasteiger partial charge in [-0.1, -0.05) is 76.2 Å². The highest BCUT2D eigenvalue weighted by Crippen LogP contribution is 2.36. The average molecular weight is 514 g/mol. The van der Waals surface area contributed by atoms with E-state index >= 15 is 0 Å². The summed E-state index contributed by atoms with van der Waals surface area (Å²) in [6.07, 6.45) is 6.38. The van der Waals surface area contributed by atoms with Crippen LogP contribution >= 0.6 is 0 Å². The van der Waals surface area contributed by atoms with Crippen molar-refractivity contribution in [3.8, 4) is 11.3 Å². The van der Waals surface area contributed by atoms with Gasteiger partial charge in [0.2, 0.25) is 0 Å². The number of aromatic nitrogens is 2. The number of rotatable bonds is 12. The molecule has 3 N–H and O–H groups in total. The fourth-order valence-electron chi connectivity index (χ4n) is 5.49. The van der Waals surface area contributed by atoms with Crippen LogP contribution in [0.5, 0.6) is 0 Å². The van der Waals surface area contributed by atoms with Gasteiger partial charge in [0.1, 0.15) is 5.82 Å². The van der Waals surface area contributed by atoms with Gasteiger partial charge < -0.3 is 20.5 Å². The van der Waals surface area contributed by atoms with Gasteiger partial charge in [-0.25, -0.2) is 4.98 Å². The molecule has 1 aromatic heterocycles. The lowest BCUT2D eigenvalue weighted by Gasteiger charge is -2.36. The van der Waals surface area contributed by atoms with E-state index in [2.05, 4.69) is 117 Å². The van der Waals surface area contributed by atoms with Crippen LogP contribution in [0.2, 0.25) is 0 Å². The van der Waals surface area contributed by atoms with Crippen LogP contribution in [0, 0.1) is 12.8 Å². The van der Waals surface area contributed by atoms with Gasteiger partial charge in [0.05, 0.1) is 24.0 Å². The van der Waals surface area contributed by atoms with E-state index in [0.717, 1.165) is 49.4 Å². The molecule has 0 spiro atoms. The molecule has 1 aliphatic heterocycles. The van der Waals surface area contributed by atoms with Crippen molar-refractivity contribution in [3.63, 3.8) is 0 Å². The summed E-state index contributed by atoms with van der Waals surface area (Å²) in [5, 5.41) is 7.49. The minimum absolute atomic E-state index is 0.249. The van der Waals surface area contributed by atoms with Crippen LogP contribution in [-0.2, 0) is 0 Å². The second-order valence-corrected chi connectivity index (χ2v) is 11.3. The highest BCUT2D eigenvalue weighted by Gasteiger charge is 2.33. The van der Waals surface area contributed by atoms with Gasteiger partial charge in [-0.05, 0) is 68.7 Å². The normalized spacial score (nSPS) is 18.0. The van der Waals surface area contributed by atoms with Crippen LogP contribution in [0.4, 0.5) is 5.69 Å². The maximum Gasteiger partial charge on any atom is 0.129 e. The molecule has 0 bridgehead atoms. The zero-order valence-corrected chi connectivity index (χ0v) is 24.2. The van der Waals surface area contributed by atoms with E-state index in [1.807, 2.05) is 6.20 Å². The van der Waals surface area contributed by atoms with Crippen molar-refractivity contribution >= 4 is 5.69 Å². The van der Waals surface area contributed by atoms with E-state index in [0.29, 0.717) is 12.0 Å². The zero-order chi connectivity index (χ0) is 27.2. The summed E-state index contributed by atoms with van der Waals surface area (Å²) in [5.74, 6) is 1.53. The van der Waals surface area contributed by atoms with Crippen LogP contribution in [0.15, 0.2) is 67.0 Å². The van der Waals surface area contributed by atoms with Crippen LogP contribution in [0.1, 0.15) is 89.3 Å². The number of benzene rings is 2. The first-order chi connectivity index (χ1) is 18.3. The molecular weight excluding hydrogens is 466 g/mol. The summed E-state index contributed by atoms with van der Waals surface area (Å²) in [4.78, 5) is 11.0. The van der Waals surface area contributed by atoms with Gasteiger partial charge in [-0.15, -0.1) is 0 Å².